The quantitative estimate of drug-likeness (QED) is 0.687. The summed E-state index contributed by atoms with van der Waals surface area (Å²) in [6, 6.07) is 7.28. The lowest BCUT2D eigenvalue weighted by atomic mass is 10.2. The summed E-state index contributed by atoms with van der Waals surface area (Å²) in [6.45, 7) is 3.35. The molecule has 2 amide bonds. The van der Waals surface area contributed by atoms with Crippen LogP contribution in [0.2, 0.25) is 0 Å². The molecule has 0 fully saturated rings. The standard InChI is InChI=1S/C16H24N2O4/c1-3-4-10-22-14-7-5-6-13(11-14)12-17-16(21)18(2)9-8-15(19)20/h5-7,11H,3-4,8-10,12H2,1-2H3,(H,17,21)(H,19,20). The molecule has 0 aliphatic rings. The van der Waals surface area contributed by atoms with E-state index in [1.54, 1.807) is 7.05 Å². The normalized spacial score (nSPS) is 10.1. The Morgan fingerprint density at radius 3 is 2.82 bits per heavy atom. The second-order valence-electron chi connectivity index (χ2n) is 5.07. The molecule has 0 spiro atoms. The van der Waals surface area contributed by atoms with Gasteiger partial charge < -0.3 is 20.1 Å². The maximum atomic E-state index is 11.8. The van der Waals surface area contributed by atoms with E-state index in [0.29, 0.717) is 13.2 Å². The number of amides is 2. The van der Waals surface area contributed by atoms with Crippen molar-refractivity contribution in [3.63, 3.8) is 0 Å². The lowest BCUT2D eigenvalue weighted by Crippen LogP contribution is -2.37. The Kier molecular flexibility index (Phi) is 7.81. The molecule has 122 valence electrons. The van der Waals surface area contributed by atoms with E-state index in [9.17, 15) is 9.59 Å². The number of rotatable bonds is 9. The maximum Gasteiger partial charge on any atom is 0.317 e. The van der Waals surface area contributed by atoms with Crippen molar-refractivity contribution in [2.45, 2.75) is 32.7 Å². The predicted octanol–water partition coefficient (Wildman–Crippen LogP) is 2.48. The molecule has 0 aliphatic heterocycles. The second kappa shape index (κ2) is 9.65. The van der Waals surface area contributed by atoms with E-state index in [1.165, 1.54) is 4.90 Å². The van der Waals surface area contributed by atoms with Gasteiger partial charge in [-0.25, -0.2) is 4.79 Å². The van der Waals surface area contributed by atoms with Crippen LogP contribution < -0.4 is 10.1 Å². The van der Waals surface area contributed by atoms with Crippen molar-refractivity contribution < 1.29 is 19.4 Å². The zero-order valence-corrected chi connectivity index (χ0v) is 13.2. The Hall–Kier alpha value is -2.24. The fourth-order valence-corrected chi connectivity index (χ4v) is 1.76. The molecule has 0 saturated carbocycles. The van der Waals surface area contributed by atoms with Crippen molar-refractivity contribution in [2.75, 3.05) is 20.2 Å². The molecule has 0 unspecified atom stereocenters. The van der Waals surface area contributed by atoms with Crippen LogP contribution in [-0.2, 0) is 11.3 Å². The van der Waals surface area contributed by atoms with Crippen LogP contribution in [-0.4, -0.2) is 42.2 Å². The van der Waals surface area contributed by atoms with E-state index in [1.807, 2.05) is 24.3 Å². The van der Waals surface area contributed by atoms with Crippen LogP contribution in [0.5, 0.6) is 5.75 Å². The highest BCUT2D eigenvalue weighted by Gasteiger charge is 2.09. The molecule has 6 nitrogen and oxygen atoms in total. The summed E-state index contributed by atoms with van der Waals surface area (Å²) >= 11 is 0. The minimum Gasteiger partial charge on any atom is -0.494 e. The highest BCUT2D eigenvalue weighted by atomic mass is 16.5. The lowest BCUT2D eigenvalue weighted by Gasteiger charge is -2.17. The van der Waals surface area contributed by atoms with Crippen LogP contribution in [0, 0.1) is 0 Å². The lowest BCUT2D eigenvalue weighted by molar-refractivity contribution is -0.137. The first-order chi connectivity index (χ1) is 10.5. The molecule has 0 aliphatic carbocycles. The van der Waals surface area contributed by atoms with Gasteiger partial charge in [-0.3, -0.25) is 4.79 Å². The summed E-state index contributed by atoms with van der Waals surface area (Å²) in [5.41, 5.74) is 0.939. The van der Waals surface area contributed by atoms with Crippen molar-refractivity contribution in [1.82, 2.24) is 10.2 Å². The van der Waals surface area contributed by atoms with Crippen molar-refractivity contribution in [3.05, 3.63) is 29.8 Å². The summed E-state index contributed by atoms with van der Waals surface area (Å²) in [5.74, 6) is -0.129. The van der Waals surface area contributed by atoms with Gasteiger partial charge in [-0.05, 0) is 24.1 Å². The van der Waals surface area contributed by atoms with Crippen molar-refractivity contribution in [3.8, 4) is 5.75 Å². The van der Waals surface area contributed by atoms with Gasteiger partial charge in [-0.1, -0.05) is 25.5 Å². The van der Waals surface area contributed by atoms with Gasteiger partial charge in [0.25, 0.3) is 0 Å². The Bertz CT molecular complexity index is 491. The number of ether oxygens (including phenoxy) is 1. The molecule has 2 N–H and O–H groups in total. The third-order valence-electron chi connectivity index (χ3n) is 3.12. The first-order valence-electron chi connectivity index (χ1n) is 7.45. The van der Waals surface area contributed by atoms with E-state index in [0.717, 1.165) is 24.2 Å². The van der Waals surface area contributed by atoms with Gasteiger partial charge in [0.05, 0.1) is 13.0 Å². The molecule has 0 aromatic heterocycles. The van der Waals surface area contributed by atoms with E-state index >= 15 is 0 Å². The summed E-state index contributed by atoms with van der Waals surface area (Å²) in [6.07, 6.45) is 2.03. The summed E-state index contributed by atoms with van der Waals surface area (Å²) in [7, 11) is 1.57. The van der Waals surface area contributed by atoms with E-state index in [2.05, 4.69) is 12.2 Å². The minimum absolute atomic E-state index is 0.0648. The molecule has 6 heteroatoms. The highest BCUT2D eigenvalue weighted by molar-refractivity contribution is 5.75. The number of hydrogen-bond acceptors (Lipinski definition) is 3. The van der Waals surface area contributed by atoms with E-state index in [4.69, 9.17) is 9.84 Å². The van der Waals surface area contributed by atoms with Crippen LogP contribution in [0.3, 0.4) is 0 Å². The number of carbonyl (C=O) groups is 2. The van der Waals surface area contributed by atoms with Crippen LogP contribution in [0.1, 0.15) is 31.7 Å². The Morgan fingerprint density at radius 1 is 1.36 bits per heavy atom. The number of carboxylic acid groups (broad SMARTS) is 1. The topological polar surface area (TPSA) is 78.9 Å². The van der Waals surface area contributed by atoms with Crippen LogP contribution in [0.4, 0.5) is 4.79 Å². The Morgan fingerprint density at radius 2 is 2.14 bits per heavy atom. The van der Waals surface area contributed by atoms with Gasteiger partial charge >= 0.3 is 12.0 Å². The van der Waals surface area contributed by atoms with Gasteiger partial charge in [0, 0.05) is 20.1 Å². The van der Waals surface area contributed by atoms with Gasteiger partial charge in [0.15, 0.2) is 0 Å². The second-order valence-corrected chi connectivity index (χ2v) is 5.07. The van der Waals surface area contributed by atoms with Crippen LogP contribution in [0.25, 0.3) is 0 Å². The summed E-state index contributed by atoms with van der Waals surface area (Å²) < 4.78 is 5.62. The third-order valence-corrected chi connectivity index (χ3v) is 3.12. The number of nitrogens with one attached hydrogen (secondary N) is 1. The number of nitrogens with zero attached hydrogens (tertiary/aromatic N) is 1. The molecular formula is C16H24N2O4. The number of urea groups is 1. The molecule has 1 rings (SSSR count). The van der Waals surface area contributed by atoms with Crippen molar-refractivity contribution in [2.24, 2.45) is 0 Å². The van der Waals surface area contributed by atoms with Gasteiger partial charge in [-0.2, -0.15) is 0 Å². The molecule has 1 aromatic carbocycles. The minimum atomic E-state index is -0.920. The van der Waals surface area contributed by atoms with Crippen LogP contribution in [0.15, 0.2) is 24.3 Å². The van der Waals surface area contributed by atoms with E-state index in [-0.39, 0.29) is 19.0 Å². The van der Waals surface area contributed by atoms with E-state index < -0.39 is 5.97 Å². The highest BCUT2D eigenvalue weighted by Crippen LogP contribution is 2.13. The SMILES string of the molecule is CCCCOc1cccc(CNC(=O)N(C)CCC(=O)O)c1. The molecule has 0 heterocycles. The first kappa shape index (κ1) is 17.8. The number of hydrogen-bond donors (Lipinski definition) is 2. The maximum absolute atomic E-state index is 11.8. The Balaban J connectivity index is 2.41. The fourth-order valence-electron chi connectivity index (χ4n) is 1.76. The summed E-state index contributed by atoms with van der Waals surface area (Å²) in [5, 5.41) is 11.4. The largest absolute Gasteiger partial charge is 0.494 e. The zero-order chi connectivity index (χ0) is 16.4. The van der Waals surface area contributed by atoms with Crippen molar-refractivity contribution in [1.29, 1.82) is 0 Å². The molecule has 0 saturated heterocycles. The predicted molar refractivity (Wildman–Crippen MR) is 84.0 cm³/mol. The smallest absolute Gasteiger partial charge is 0.317 e. The number of carbonyl (C=O) groups excluding carboxylic acids is 1. The van der Waals surface area contributed by atoms with Gasteiger partial charge in [0.1, 0.15) is 5.75 Å². The van der Waals surface area contributed by atoms with Gasteiger partial charge in [-0.15, -0.1) is 0 Å². The molecule has 0 bridgehead atoms. The molecule has 0 atom stereocenters. The summed E-state index contributed by atoms with van der Waals surface area (Å²) in [4.78, 5) is 23.7. The van der Waals surface area contributed by atoms with Crippen LogP contribution >= 0.6 is 0 Å². The monoisotopic (exact) mass is 308 g/mol. The fraction of sp³-hybridized carbons (Fsp3) is 0.500. The Labute approximate surface area is 131 Å². The number of benzene rings is 1. The zero-order valence-electron chi connectivity index (χ0n) is 13.2. The number of carboxylic acids is 1. The number of unbranched alkanes of at least 4 members (excludes halogenated alkanes) is 1. The third kappa shape index (κ3) is 6.97. The number of aliphatic carboxylic acids is 1. The molecule has 0 radical (unpaired) electrons. The first-order valence-corrected chi connectivity index (χ1v) is 7.45. The average molecular weight is 308 g/mol. The average Bonchev–Trinajstić information content (AvgIpc) is 2.51. The molecular weight excluding hydrogens is 284 g/mol. The molecule has 22 heavy (non-hydrogen) atoms. The van der Waals surface area contributed by atoms with Gasteiger partial charge in [0.2, 0.25) is 0 Å². The van der Waals surface area contributed by atoms with Crippen molar-refractivity contribution >= 4 is 12.0 Å². The molecule has 1 aromatic rings.